The van der Waals surface area contributed by atoms with Crippen molar-refractivity contribution in [3.63, 3.8) is 0 Å². The maximum atomic E-state index is 13.5. The minimum absolute atomic E-state index is 0.0190. The van der Waals surface area contributed by atoms with E-state index in [1.165, 1.54) is 0 Å². The van der Waals surface area contributed by atoms with Gasteiger partial charge in [-0.15, -0.1) is 0 Å². The van der Waals surface area contributed by atoms with Crippen LogP contribution in [0.1, 0.15) is 114 Å². The number of nitrogens with zero attached hydrogens (tertiary/aromatic N) is 3. The lowest BCUT2D eigenvalue weighted by atomic mass is 9.98. The zero-order valence-electron chi connectivity index (χ0n) is 59.5. The highest BCUT2D eigenvalue weighted by Gasteiger charge is 2.50. The van der Waals surface area contributed by atoms with E-state index in [0.29, 0.717) is 36.0 Å². The van der Waals surface area contributed by atoms with Gasteiger partial charge < -0.3 is 153 Å². The lowest BCUT2D eigenvalue weighted by molar-refractivity contribution is -0.300. The predicted octanol–water partition coefficient (Wildman–Crippen LogP) is -0.337. The van der Waals surface area contributed by atoms with E-state index in [1.807, 2.05) is 0 Å². The molecule has 6 aliphatic rings. The highest BCUT2D eigenvalue weighted by atomic mass is 16.8. The Morgan fingerprint density at radius 1 is 0.472 bits per heavy atom. The van der Waals surface area contributed by atoms with Gasteiger partial charge in [0.1, 0.15) is 90.3 Å². The number of benzene rings is 3. The van der Waals surface area contributed by atoms with Gasteiger partial charge in [-0.05, 0) is 18.4 Å². The number of carbonyl (C=O) groups is 3. The highest BCUT2D eigenvalue weighted by Crippen LogP contribution is 2.40. The van der Waals surface area contributed by atoms with Gasteiger partial charge in [-0.2, -0.15) is 0 Å². The molecule has 0 saturated carbocycles. The standard InChI is InChI=1S/C71H98N6O31/c1-36(81)74-54(63(91)94-26-15-7-14-25-73-77-72)60(49-22-27-95-66(100-49)39-16-8-4-9-17-39)106-70-46(88)31-43(85)58(104-70)52(34-79)99-65(93)56(76-38(3)83)62(51-24-29-97-68(102-51)41-20-12-6-13-21-41)108-71-47(89)32-44(86)59(105-71)53(35-80)98-64(92)55(75-37(2)82)61(50-23-28-96-67(101-50)40-18-10-5-11-19-40)107-69-45(87)30-42(84)57(103-69)48(90)33-78/h4-6,8-13,16-21,42-53,57-59,63-71,78-80,84-93H,7,14-15,22-35H2,1-3H3,(H,74,81)(H,75,82)(H,76,83)/b60-54-,61-55-,62-56+/t42?,43?,44?,45-,46-,47-,48+,49?,50?,51?,52+,53+,57+,58-,59+,63?,64?,65?,66?,67?,68?,69-,70-,71-/m0/s1. The molecule has 24 atom stereocenters. The van der Waals surface area contributed by atoms with E-state index in [4.69, 9.17) is 76.6 Å². The number of unbranched alkanes of at least 4 members (excludes halogenated alkanes) is 2. The topological polar surface area (TPSA) is 538 Å². The minimum Gasteiger partial charge on any atom is -0.462 e. The van der Waals surface area contributed by atoms with E-state index in [0.717, 1.165) is 20.8 Å². The van der Waals surface area contributed by atoms with Crippen molar-refractivity contribution in [2.75, 3.05) is 52.8 Å². The van der Waals surface area contributed by atoms with Gasteiger partial charge in [0.15, 0.2) is 55.0 Å². The van der Waals surface area contributed by atoms with E-state index in [2.05, 4.69) is 26.0 Å². The maximum absolute atomic E-state index is 13.5. The fourth-order valence-electron chi connectivity index (χ4n) is 12.8. The molecule has 6 aliphatic heterocycles. The number of hydrogen-bond donors (Lipinski definition) is 16. The SMILES string of the molecule is CC(=O)N/C(=C(\O[C@@H]1O[C@H]([C@@H](CO)OC(O)/C(NC(C)=O)=C(\O[C@@H]2O[C@@H]([C@@H](CO)OC(O)/C(NC(C)=O)=C(/O[C@@H]3O[C@@H]([C@H](O)CO)C(O)C[C@@H]3O)C3CCOC(c4ccccc4)O3)C(O)C[C@@H]2O)C2CCOC(c3ccccc3)O2)C(O)C[C@@H]1O)C1CCOC(c2ccccc2)O1)C(O)OCCCCCN=[N+]=[N-]. The van der Waals surface area contributed by atoms with Crippen LogP contribution in [0, 0.1) is 0 Å². The normalized spacial score (nSPS) is 31.4. The summed E-state index contributed by atoms with van der Waals surface area (Å²) < 4.78 is 92.7. The Hall–Kier alpha value is -7.00. The van der Waals surface area contributed by atoms with Crippen LogP contribution in [0.2, 0.25) is 0 Å². The monoisotopic (exact) mass is 1530 g/mol. The number of azide groups is 1. The Bertz CT molecular complexity index is 3460. The molecule has 0 bridgehead atoms. The summed E-state index contributed by atoms with van der Waals surface area (Å²) >= 11 is 0. The van der Waals surface area contributed by atoms with Crippen molar-refractivity contribution in [1.29, 1.82) is 0 Å². The highest BCUT2D eigenvalue weighted by molar-refractivity contribution is 5.76. The summed E-state index contributed by atoms with van der Waals surface area (Å²) in [5.41, 5.74) is 8.59. The molecule has 3 aromatic rings. The third kappa shape index (κ3) is 23.3. The average molecular weight is 1530 g/mol. The smallest absolute Gasteiger partial charge is 0.226 e. The molecule has 6 fully saturated rings. The maximum Gasteiger partial charge on any atom is 0.226 e. The fraction of sp³-hybridized carbons (Fsp3) is 0.620. The van der Waals surface area contributed by atoms with Gasteiger partial charge in [-0.1, -0.05) is 103 Å². The van der Waals surface area contributed by atoms with Crippen molar-refractivity contribution in [2.24, 2.45) is 5.11 Å². The molecule has 3 amide bonds. The number of hydrogen-bond acceptors (Lipinski definition) is 32. The second-order valence-electron chi connectivity index (χ2n) is 26.2. The first-order valence-corrected chi connectivity index (χ1v) is 35.5. The van der Waals surface area contributed by atoms with E-state index in [9.17, 15) is 80.8 Å². The molecule has 108 heavy (non-hydrogen) atoms. The zero-order valence-corrected chi connectivity index (χ0v) is 59.5. The molecule has 0 radical (unpaired) electrons. The molecule has 0 spiro atoms. The van der Waals surface area contributed by atoms with Crippen molar-refractivity contribution in [3.05, 3.63) is 152 Å². The zero-order chi connectivity index (χ0) is 77.6. The van der Waals surface area contributed by atoms with Gasteiger partial charge in [0.2, 0.25) is 36.6 Å². The van der Waals surface area contributed by atoms with Gasteiger partial charge in [0, 0.05) is 87.4 Å². The number of aliphatic hydroxyl groups excluding tert-OH is 13. The van der Waals surface area contributed by atoms with Gasteiger partial charge >= 0.3 is 0 Å². The van der Waals surface area contributed by atoms with Crippen LogP contribution in [0.15, 0.2) is 130 Å². The van der Waals surface area contributed by atoms with Crippen LogP contribution in [0.4, 0.5) is 0 Å². The van der Waals surface area contributed by atoms with Gasteiger partial charge in [-0.25, -0.2) is 0 Å². The number of aliphatic hydroxyl groups is 13. The molecule has 3 aromatic carbocycles. The summed E-state index contributed by atoms with van der Waals surface area (Å²) in [5.74, 6) is -3.77. The van der Waals surface area contributed by atoms with Crippen LogP contribution in [-0.2, 0) is 85.4 Å². The van der Waals surface area contributed by atoms with Gasteiger partial charge in [0.25, 0.3) is 0 Å². The Balaban J connectivity index is 1.03. The summed E-state index contributed by atoms with van der Waals surface area (Å²) in [5, 5.41) is 160. The van der Waals surface area contributed by atoms with Gasteiger partial charge in [0.05, 0.1) is 64.6 Å². The Morgan fingerprint density at radius 3 is 1.15 bits per heavy atom. The summed E-state index contributed by atoms with van der Waals surface area (Å²) in [6.45, 7) is 0.196. The van der Waals surface area contributed by atoms with Crippen LogP contribution in [-0.4, -0.2) is 266 Å². The minimum atomic E-state index is -2.47. The molecule has 37 nitrogen and oxygen atoms in total. The largest absolute Gasteiger partial charge is 0.462 e. The van der Waals surface area contributed by atoms with Crippen LogP contribution in [0.3, 0.4) is 0 Å². The first-order chi connectivity index (χ1) is 52.0. The Kier molecular flexibility index (Phi) is 33.0. The molecule has 37 heteroatoms. The van der Waals surface area contributed by atoms with E-state index in [-0.39, 0.29) is 63.7 Å². The second-order valence-corrected chi connectivity index (χ2v) is 26.2. The molecule has 6 heterocycles. The molecule has 0 aromatic heterocycles. The van der Waals surface area contributed by atoms with Crippen molar-refractivity contribution in [1.82, 2.24) is 16.0 Å². The van der Waals surface area contributed by atoms with Crippen molar-refractivity contribution >= 4 is 17.7 Å². The van der Waals surface area contributed by atoms with Crippen LogP contribution in [0.5, 0.6) is 0 Å². The lowest BCUT2D eigenvalue weighted by Gasteiger charge is -2.43. The fourth-order valence-corrected chi connectivity index (χ4v) is 12.8. The summed E-state index contributed by atoms with van der Waals surface area (Å²) in [7, 11) is 0. The first kappa shape index (κ1) is 85.0. The van der Waals surface area contributed by atoms with Crippen molar-refractivity contribution in [3.8, 4) is 0 Å². The lowest BCUT2D eigenvalue weighted by Crippen LogP contribution is -2.56. The van der Waals surface area contributed by atoms with Crippen LogP contribution >= 0.6 is 0 Å². The number of nitrogens with one attached hydrogen (secondary N) is 3. The quantitative estimate of drug-likeness (QED) is 0.00895. The van der Waals surface area contributed by atoms with Gasteiger partial charge in [-0.3, -0.25) is 14.4 Å². The molecule has 9 rings (SSSR count). The number of rotatable bonds is 35. The molecule has 12 unspecified atom stereocenters. The van der Waals surface area contributed by atoms with E-state index in [1.54, 1.807) is 91.0 Å². The van der Waals surface area contributed by atoms with Crippen molar-refractivity contribution < 1.29 is 152 Å². The Labute approximate surface area is 620 Å². The predicted molar refractivity (Wildman–Crippen MR) is 364 cm³/mol. The molecular weight excluding hydrogens is 1430 g/mol. The molecule has 6 saturated heterocycles. The number of amides is 3. The molecule has 598 valence electrons. The average Bonchev–Trinajstić information content (AvgIpc) is 0.792. The molecular formula is C71H98N6O31. The Morgan fingerprint density at radius 2 is 0.815 bits per heavy atom. The van der Waals surface area contributed by atoms with Crippen LogP contribution < -0.4 is 16.0 Å². The third-order valence-corrected chi connectivity index (χ3v) is 18.0. The molecule has 16 N–H and O–H groups in total. The summed E-state index contributed by atoms with van der Waals surface area (Å²) in [4.78, 5) is 42.5. The van der Waals surface area contributed by atoms with E-state index < -0.39 is 228 Å². The summed E-state index contributed by atoms with van der Waals surface area (Å²) in [6, 6.07) is 25.8. The summed E-state index contributed by atoms with van der Waals surface area (Å²) in [6.07, 6.45) is -41.1. The van der Waals surface area contributed by atoms with Crippen LogP contribution in [0.25, 0.3) is 10.4 Å². The van der Waals surface area contributed by atoms with E-state index >= 15 is 0 Å². The second kappa shape index (κ2) is 41.9. The third-order valence-electron chi connectivity index (χ3n) is 18.0. The number of carbonyl (C=O) groups excluding carboxylic acids is 3. The van der Waals surface area contributed by atoms with Crippen molar-refractivity contribution in [2.45, 2.75) is 227 Å². The first-order valence-electron chi connectivity index (χ1n) is 35.5. The molecule has 0 aliphatic carbocycles. The number of ether oxygens (including phenoxy) is 15.